The molecule has 1 saturated heterocycles. The van der Waals surface area contributed by atoms with Crippen molar-refractivity contribution in [3.05, 3.63) is 21.4 Å². The Morgan fingerprint density at radius 1 is 1.35 bits per heavy atom. The fraction of sp³-hybridized carbons (Fsp3) is 0.765. The van der Waals surface area contributed by atoms with Crippen LogP contribution in [0.25, 0.3) is 0 Å². The summed E-state index contributed by atoms with van der Waals surface area (Å²) in [5.41, 5.74) is 1.50. The molecular weight excluding hydrogens is 264 g/mol. The number of hydrogen-bond acceptors (Lipinski definition) is 3. The van der Waals surface area contributed by atoms with Gasteiger partial charge in [0.25, 0.3) is 0 Å². The standard InChI is InChI=1S/C17H30N2S/c1-5-9-19-10-6-7-16(8-11-19)18-14(3)17-12-13(2)20-15(17)4/h12,14,16,18H,5-11H2,1-4H3. The zero-order chi connectivity index (χ0) is 14.5. The lowest BCUT2D eigenvalue weighted by molar-refractivity contribution is 0.281. The fourth-order valence-corrected chi connectivity index (χ4v) is 4.41. The Labute approximate surface area is 128 Å². The van der Waals surface area contributed by atoms with Crippen LogP contribution in [0.5, 0.6) is 0 Å². The smallest absolute Gasteiger partial charge is 0.0305 e. The van der Waals surface area contributed by atoms with Crippen molar-refractivity contribution in [3.63, 3.8) is 0 Å². The van der Waals surface area contributed by atoms with E-state index in [1.807, 2.05) is 11.3 Å². The number of aryl methyl sites for hydroxylation is 2. The zero-order valence-corrected chi connectivity index (χ0v) is 14.4. The molecule has 0 amide bonds. The van der Waals surface area contributed by atoms with Crippen molar-refractivity contribution < 1.29 is 0 Å². The van der Waals surface area contributed by atoms with E-state index in [0.29, 0.717) is 12.1 Å². The van der Waals surface area contributed by atoms with Gasteiger partial charge in [0.2, 0.25) is 0 Å². The van der Waals surface area contributed by atoms with E-state index < -0.39 is 0 Å². The number of thiophene rings is 1. The first-order valence-corrected chi connectivity index (χ1v) is 8.97. The van der Waals surface area contributed by atoms with E-state index in [1.165, 1.54) is 60.6 Å². The highest BCUT2D eigenvalue weighted by molar-refractivity contribution is 7.12. The normalized spacial score (nSPS) is 22.7. The average Bonchev–Trinajstić information content (AvgIpc) is 2.60. The molecule has 114 valence electrons. The summed E-state index contributed by atoms with van der Waals surface area (Å²) in [4.78, 5) is 5.54. The molecule has 0 radical (unpaired) electrons. The van der Waals surface area contributed by atoms with Gasteiger partial charge in [-0.05, 0) is 77.7 Å². The molecule has 0 aromatic carbocycles. The first-order valence-electron chi connectivity index (χ1n) is 8.15. The molecule has 2 unspecified atom stereocenters. The predicted octanol–water partition coefficient (Wildman–Crippen LogP) is 4.28. The first kappa shape index (κ1) is 16.0. The molecule has 1 aliphatic rings. The van der Waals surface area contributed by atoms with Gasteiger partial charge >= 0.3 is 0 Å². The molecule has 1 aromatic rings. The zero-order valence-electron chi connectivity index (χ0n) is 13.5. The molecule has 0 spiro atoms. The molecule has 1 N–H and O–H groups in total. The van der Waals surface area contributed by atoms with Gasteiger partial charge in [0.1, 0.15) is 0 Å². The lowest BCUT2D eigenvalue weighted by Gasteiger charge is -2.23. The number of rotatable bonds is 5. The number of hydrogen-bond donors (Lipinski definition) is 1. The monoisotopic (exact) mass is 294 g/mol. The largest absolute Gasteiger partial charge is 0.307 e. The Hall–Kier alpha value is -0.380. The summed E-state index contributed by atoms with van der Waals surface area (Å²) in [5.74, 6) is 0. The van der Waals surface area contributed by atoms with Crippen LogP contribution in [0.3, 0.4) is 0 Å². The van der Waals surface area contributed by atoms with Gasteiger partial charge in [-0.3, -0.25) is 0 Å². The second-order valence-corrected chi connectivity index (χ2v) is 7.69. The van der Waals surface area contributed by atoms with Crippen LogP contribution < -0.4 is 5.32 Å². The molecule has 2 rings (SSSR count). The highest BCUT2D eigenvalue weighted by atomic mass is 32.1. The van der Waals surface area contributed by atoms with Crippen LogP contribution in [-0.4, -0.2) is 30.6 Å². The van der Waals surface area contributed by atoms with Crippen molar-refractivity contribution >= 4 is 11.3 Å². The van der Waals surface area contributed by atoms with E-state index in [4.69, 9.17) is 0 Å². The van der Waals surface area contributed by atoms with Gasteiger partial charge in [-0.25, -0.2) is 0 Å². The summed E-state index contributed by atoms with van der Waals surface area (Å²) >= 11 is 1.92. The minimum Gasteiger partial charge on any atom is -0.307 e. The van der Waals surface area contributed by atoms with Crippen molar-refractivity contribution in [1.29, 1.82) is 0 Å². The Morgan fingerprint density at radius 2 is 2.15 bits per heavy atom. The van der Waals surface area contributed by atoms with Crippen LogP contribution in [0, 0.1) is 13.8 Å². The highest BCUT2D eigenvalue weighted by Crippen LogP contribution is 2.27. The van der Waals surface area contributed by atoms with Crippen molar-refractivity contribution in [3.8, 4) is 0 Å². The molecule has 0 saturated carbocycles. The molecule has 3 heteroatoms. The molecule has 2 heterocycles. The maximum atomic E-state index is 3.87. The van der Waals surface area contributed by atoms with Gasteiger partial charge < -0.3 is 10.2 Å². The first-order chi connectivity index (χ1) is 9.60. The van der Waals surface area contributed by atoms with Gasteiger partial charge in [0.05, 0.1) is 0 Å². The SMILES string of the molecule is CCCN1CCCC(NC(C)c2cc(C)sc2C)CC1. The Balaban J connectivity index is 1.88. The van der Waals surface area contributed by atoms with Crippen LogP contribution in [-0.2, 0) is 0 Å². The molecule has 20 heavy (non-hydrogen) atoms. The second-order valence-electron chi connectivity index (χ2n) is 6.23. The molecule has 2 atom stereocenters. The summed E-state index contributed by atoms with van der Waals surface area (Å²) in [6.45, 7) is 12.9. The van der Waals surface area contributed by atoms with Gasteiger partial charge in [-0.15, -0.1) is 11.3 Å². The maximum Gasteiger partial charge on any atom is 0.0305 e. The quantitative estimate of drug-likeness (QED) is 0.872. The summed E-state index contributed by atoms with van der Waals surface area (Å²) in [6, 6.07) is 3.53. The summed E-state index contributed by atoms with van der Waals surface area (Å²) in [5, 5.41) is 3.87. The Morgan fingerprint density at radius 3 is 2.80 bits per heavy atom. The molecule has 0 bridgehead atoms. The molecule has 0 aliphatic carbocycles. The third kappa shape index (κ3) is 4.31. The number of nitrogens with zero attached hydrogens (tertiary/aromatic N) is 1. The maximum absolute atomic E-state index is 3.87. The van der Waals surface area contributed by atoms with E-state index in [9.17, 15) is 0 Å². The van der Waals surface area contributed by atoms with E-state index in [1.54, 1.807) is 0 Å². The van der Waals surface area contributed by atoms with Crippen LogP contribution in [0.2, 0.25) is 0 Å². The van der Waals surface area contributed by atoms with Gasteiger partial charge in [0.15, 0.2) is 0 Å². The third-order valence-electron chi connectivity index (χ3n) is 4.39. The average molecular weight is 295 g/mol. The van der Waals surface area contributed by atoms with E-state index >= 15 is 0 Å². The highest BCUT2D eigenvalue weighted by Gasteiger charge is 2.19. The molecule has 2 nitrogen and oxygen atoms in total. The lowest BCUT2D eigenvalue weighted by atomic mass is 10.0. The summed E-state index contributed by atoms with van der Waals surface area (Å²) in [6.07, 6.45) is 5.24. The summed E-state index contributed by atoms with van der Waals surface area (Å²) < 4.78 is 0. The van der Waals surface area contributed by atoms with Crippen molar-refractivity contribution in [2.45, 2.75) is 65.5 Å². The summed E-state index contributed by atoms with van der Waals surface area (Å²) in [7, 11) is 0. The van der Waals surface area contributed by atoms with E-state index in [0.717, 1.165) is 0 Å². The van der Waals surface area contributed by atoms with E-state index in [2.05, 4.69) is 44.0 Å². The Bertz CT molecular complexity index is 413. The number of nitrogens with one attached hydrogen (secondary N) is 1. The fourth-order valence-electron chi connectivity index (χ4n) is 3.39. The molecular formula is C17H30N2S. The molecule has 1 aromatic heterocycles. The second kappa shape index (κ2) is 7.58. The van der Waals surface area contributed by atoms with Crippen LogP contribution in [0.1, 0.15) is 60.9 Å². The van der Waals surface area contributed by atoms with Crippen LogP contribution in [0.15, 0.2) is 6.07 Å². The van der Waals surface area contributed by atoms with Crippen LogP contribution in [0.4, 0.5) is 0 Å². The van der Waals surface area contributed by atoms with Crippen molar-refractivity contribution in [2.24, 2.45) is 0 Å². The van der Waals surface area contributed by atoms with Gasteiger partial charge in [-0.2, -0.15) is 0 Å². The van der Waals surface area contributed by atoms with Crippen molar-refractivity contribution in [1.82, 2.24) is 10.2 Å². The Kier molecular flexibility index (Phi) is 6.06. The third-order valence-corrected chi connectivity index (χ3v) is 5.37. The van der Waals surface area contributed by atoms with Gasteiger partial charge in [0, 0.05) is 21.8 Å². The van der Waals surface area contributed by atoms with Gasteiger partial charge in [-0.1, -0.05) is 6.92 Å². The molecule has 1 fully saturated rings. The minimum absolute atomic E-state index is 0.489. The number of likely N-dealkylation sites (tertiary alicyclic amines) is 1. The van der Waals surface area contributed by atoms with Crippen LogP contribution >= 0.6 is 11.3 Å². The van der Waals surface area contributed by atoms with Crippen molar-refractivity contribution in [2.75, 3.05) is 19.6 Å². The van der Waals surface area contributed by atoms with E-state index in [-0.39, 0.29) is 0 Å². The topological polar surface area (TPSA) is 15.3 Å². The minimum atomic E-state index is 0.489. The molecule has 1 aliphatic heterocycles. The predicted molar refractivity (Wildman–Crippen MR) is 89.7 cm³/mol. The lowest BCUT2D eigenvalue weighted by Crippen LogP contribution is -2.33.